The van der Waals surface area contributed by atoms with E-state index in [2.05, 4.69) is 15.6 Å². The predicted octanol–water partition coefficient (Wildman–Crippen LogP) is 3.43. The first-order valence-electron chi connectivity index (χ1n) is 9.36. The second kappa shape index (κ2) is 12.1. The molecule has 1 heterocycles. The van der Waals surface area contributed by atoms with Gasteiger partial charge in [0, 0.05) is 26.2 Å². The molecule has 2 N–H and O–H groups in total. The molecule has 0 aromatic heterocycles. The van der Waals surface area contributed by atoms with E-state index in [1.807, 2.05) is 11.8 Å². The van der Waals surface area contributed by atoms with Crippen molar-refractivity contribution in [1.82, 2.24) is 15.5 Å². The van der Waals surface area contributed by atoms with Gasteiger partial charge in [-0.15, -0.1) is 24.0 Å². The lowest BCUT2D eigenvalue weighted by Crippen LogP contribution is -2.41. The van der Waals surface area contributed by atoms with Gasteiger partial charge in [0.05, 0.1) is 5.56 Å². The predicted molar refractivity (Wildman–Crippen MR) is 115 cm³/mol. The highest BCUT2D eigenvalue weighted by Crippen LogP contribution is 2.29. The monoisotopic (exact) mass is 512 g/mol. The Bertz CT molecular complexity index is 629. The van der Waals surface area contributed by atoms with Crippen LogP contribution in [-0.2, 0) is 17.4 Å². The third-order valence-electron chi connectivity index (χ3n) is 4.41. The Labute approximate surface area is 181 Å². The number of guanidine groups is 1. The minimum absolute atomic E-state index is 0. The molecular weight excluding hydrogens is 484 g/mol. The number of hydrogen-bond acceptors (Lipinski definition) is 2. The molecule has 0 radical (unpaired) electrons. The van der Waals surface area contributed by atoms with E-state index in [0.29, 0.717) is 25.5 Å². The maximum atomic E-state index is 12.6. The maximum absolute atomic E-state index is 12.6. The largest absolute Gasteiger partial charge is 0.416 e. The van der Waals surface area contributed by atoms with Gasteiger partial charge in [0.1, 0.15) is 6.54 Å². The SMILES string of the molecule is CCNC(=NCC(=O)N1CCCCC1)NCCc1ccc(C(F)(F)F)cc1.I. The zero-order valence-corrected chi connectivity index (χ0v) is 18.3. The third kappa shape index (κ3) is 8.24. The van der Waals surface area contributed by atoms with Crippen LogP contribution in [0.2, 0.25) is 0 Å². The van der Waals surface area contributed by atoms with E-state index in [0.717, 1.165) is 43.6 Å². The second-order valence-electron chi connectivity index (χ2n) is 6.51. The van der Waals surface area contributed by atoms with Crippen molar-refractivity contribution in [3.05, 3.63) is 35.4 Å². The van der Waals surface area contributed by atoms with E-state index < -0.39 is 11.7 Å². The van der Waals surface area contributed by atoms with Crippen molar-refractivity contribution < 1.29 is 18.0 Å². The van der Waals surface area contributed by atoms with Gasteiger partial charge in [-0.1, -0.05) is 12.1 Å². The van der Waals surface area contributed by atoms with Crippen LogP contribution in [0, 0.1) is 0 Å². The number of piperidine rings is 1. The molecule has 158 valence electrons. The van der Waals surface area contributed by atoms with Crippen molar-refractivity contribution in [2.75, 3.05) is 32.7 Å². The molecule has 0 atom stereocenters. The van der Waals surface area contributed by atoms with Gasteiger partial charge in [0.15, 0.2) is 5.96 Å². The Morgan fingerprint density at radius 3 is 2.32 bits per heavy atom. The summed E-state index contributed by atoms with van der Waals surface area (Å²) < 4.78 is 37.7. The molecule has 1 aliphatic heterocycles. The molecule has 1 aliphatic rings. The topological polar surface area (TPSA) is 56.7 Å². The molecule has 0 unspecified atom stereocenters. The molecule has 1 fully saturated rings. The van der Waals surface area contributed by atoms with Gasteiger partial charge >= 0.3 is 6.18 Å². The van der Waals surface area contributed by atoms with Crippen LogP contribution in [0.15, 0.2) is 29.3 Å². The second-order valence-corrected chi connectivity index (χ2v) is 6.51. The molecule has 0 bridgehead atoms. The van der Waals surface area contributed by atoms with Crippen molar-refractivity contribution >= 4 is 35.8 Å². The van der Waals surface area contributed by atoms with Gasteiger partial charge in [0.25, 0.3) is 0 Å². The summed E-state index contributed by atoms with van der Waals surface area (Å²) in [6, 6.07) is 5.14. The summed E-state index contributed by atoms with van der Waals surface area (Å²) in [5.74, 6) is 0.560. The van der Waals surface area contributed by atoms with Gasteiger partial charge in [-0.2, -0.15) is 13.2 Å². The first-order valence-corrected chi connectivity index (χ1v) is 9.36. The number of rotatable bonds is 6. The standard InChI is InChI=1S/C19H27F3N4O.HI/c1-2-23-18(25-14-17(27)26-12-4-3-5-13-26)24-11-10-15-6-8-16(9-7-15)19(20,21)22;/h6-9H,2-5,10-14H2,1H3,(H2,23,24,25);1H. The average Bonchev–Trinajstić information content (AvgIpc) is 2.66. The van der Waals surface area contributed by atoms with Crippen molar-refractivity contribution in [2.45, 2.75) is 38.8 Å². The smallest absolute Gasteiger partial charge is 0.357 e. The van der Waals surface area contributed by atoms with E-state index in [9.17, 15) is 18.0 Å². The third-order valence-corrected chi connectivity index (χ3v) is 4.41. The van der Waals surface area contributed by atoms with Crippen LogP contribution in [0.5, 0.6) is 0 Å². The number of carbonyl (C=O) groups excluding carboxylic acids is 1. The summed E-state index contributed by atoms with van der Waals surface area (Å²) >= 11 is 0. The van der Waals surface area contributed by atoms with E-state index in [4.69, 9.17) is 0 Å². The summed E-state index contributed by atoms with van der Waals surface area (Å²) in [4.78, 5) is 18.4. The molecule has 1 aromatic rings. The number of aliphatic imine (C=N–C) groups is 1. The van der Waals surface area contributed by atoms with Crippen LogP contribution in [-0.4, -0.2) is 49.5 Å². The Morgan fingerprint density at radius 2 is 1.75 bits per heavy atom. The Balaban J connectivity index is 0.00000392. The number of nitrogens with zero attached hydrogens (tertiary/aromatic N) is 2. The van der Waals surface area contributed by atoms with E-state index in [-0.39, 0.29) is 36.4 Å². The molecule has 1 amide bonds. The summed E-state index contributed by atoms with van der Waals surface area (Å²) in [6.45, 7) is 4.78. The average molecular weight is 512 g/mol. The minimum atomic E-state index is -4.32. The van der Waals surface area contributed by atoms with Gasteiger partial charge in [0.2, 0.25) is 5.91 Å². The van der Waals surface area contributed by atoms with Crippen molar-refractivity contribution in [3.63, 3.8) is 0 Å². The molecule has 0 saturated carbocycles. The van der Waals surface area contributed by atoms with Crippen molar-refractivity contribution in [1.29, 1.82) is 0 Å². The number of amides is 1. The Morgan fingerprint density at radius 1 is 1.11 bits per heavy atom. The van der Waals surface area contributed by atoms with Crippen molar-refractivity contribution in [3.8, 4) is 0 Å². The molecule has 0 aliphatic carbocycles. The molecule has 2 rings (SSSR count). The lowest BCUT2D eigenvalue weighted by atomic mass is 10.1. The van der Waals surface area contributed by atoms with E-state index >= 15 is 0 Å². The summed E-state index contributed by atoms with van der Waals surface area (Å²) in [5.41, 5.74) is 0.154. The zero-order valence-electron chi connectivity index (χ0n) is 16.0. The number of halogens is 4. The molecular formula is C19H28F3IN4O. The number of benzene rings is 1. The van der Waals surface area contributed by atoms with Crippen LogP contribution in [0.1, 0.15) is 37.3 Å². The van der Waals surface area contributed by atoms with Crippen LogP contribution < -0.4 is 10.6 Å². The van der Waals surface area contributed by atoms with Gasteiger partial charge < -0.3 is 15.5 Å². The van der Waals surface area contributed by atoms with Crippen LogP contribution in [0.25, 0.3) is 0 Å². The van der Waals surface area contributed by atoms with Gasteiger partial charge in [-0.25, -0.2) is 4.99 Å². The number of nitrogens with one attached hydrogen (secondary N) is 2. The van der Waals surface area contributed by atoms with E-state index in [1.54, 1.807) is 0 Å². The quantitative estimate of drug-likeness (QED) is 0.349. The molecule has 28 heavy (non-hydrogen) atoms. The molecule has 0 spiro atoms. The van der Waals surface area contributed by atoms with Crippen LogP contribution >= 0.6 is 24.0 Å². The highest BCUT2D eigenvalue weighted by molar-refractivity contribution is 14.0. The minimum Gasteiger partial charge on any atom is -0.357 e. The molecule has 1 aromatic carbocycles. The molecule has 9 heteroatoms. The first-order chi connectivity index (χ1) is 12.9. The fraction of sp³-hybridized carbons (Fsp3) is 0.579. The summed E-state index contributed by atoms with van der Waals surface area (Å²) in [7, 11) is 0. The number of alkyl halides is 3. The number of likely N-dealkylation sites (tertiary alicyclic amines) is 1. The summed E-state index contributed by atoms with van der Waals surface area (Å²) in [5, 5.41) is 6.19. The number of hydrogen-bond donors (Lipinski definition) is 2. The summed E-state index contributed by atoms with van der Waals surface area (Å²) in [6.07, 6.45) is -0.506. The van der Waals surface area contributed by atoms with Crippen LogP contribution in [0.4, 0.5) is 13.2 Å². The Kier molecular flexibility index (Phi) is 10.6. The highest BCUT2D eigenvalue weighted by Gasteiger charge is 2.29. The highest BCUT2D eigenvalue weighted by atomic mass is 127. The Hall–Kier alpha value is -1.52. The van der Waals surface area contributed by atoms with E-state index in [1.165, 1.54) is 18.6 Å². The molecule has 1 saturated heterocycles. The first kappa shape index (κ1) is 24.5. The fourth-order valence-electron chi connectivity index (χ4n) is 2.92. The zero-order chi connectivity index (χ0) is 19.7. The number of carbonyl (C=O) groups is 1. The lowest BCUT2D eigenvalue weighted by molar-refractivity contribution is -0.137. The van der Waals surface area contributed by atoms with Gasteiger partial charge in [-0.05, 0) is 50.3 Å². The molecule has 5 nitrogen and oxygen atoms in total. The van der Waals surface area contributed by atoms with Crippen LogP contribution in [0.3, 0.4) is 0 Å². The van der Waals surface area contributed by atoms with Crippen molar-refractivity contribution in [2.24, 2.45) is 4.99 Å². The maximum Gasteiger partial charge on any atom is 0.416 e. The van der Waals surface area contributed by atoms with Gasteiger partial charge in [-0.3, -0.25) is 4.79 Å². The lowest BCUT2D eigenvalue weighted by Gasteiger charge is -2.26. The normalized spacial score (nSPS) is 15.0. The fourth-order valence-corrected chi connectivity index (χ4v) is 2.92.